The van der Waals surface area contributed by atoms with Crippen LogP contribution in [0, 0.1) is 5.82 Å². The van der Waals surface area contributed by atoms with Crippen LogP contribution >= 0.6 is 11.6 Å². The van der Waals surface area contributed by atoms with Crippen LogP contribution in [0.15, 0.2) is 42.5 Å². The van der Waals surface area contributed by atoms with Gasteiger partial charge in [0.15, 0.2) is 0 Å². The first kappa shape index (κ1) is 14.5. The van der Waals surface area contributed by atoms with Crippen LogP contribution in [0.4, 0.5) is 17.6 Å². The first-order valence-corrected chi connectivity index (χ1v) is 5.84. The molecule has 20 heavy (non-hydrogen) atoms. The van der Waals surface area contributed by atoms with Crippen LogP contribution in [0.3, 0.4) is 0 Å². The van der Waals surface area contributed by atoms with E-state index >= 15 is 0 Å². The summed E-state index contributed by atoms with van der Waals surface area (Å²) in [5, 5.41) is -1.18. The van der Waals surface area contributed by atoms with Crippen molar-refractivity contribution in [1.82, 2.24) is 0 Å². The third kappa shape index (κ3) is 2.99. The predicted molar refractivity (Wildman–Crippen MR) is 67.0 cm³/mol. The molecule has 0 bridgehead atoms. The smallest absolute Gasteiger partial charge is 0.276 e. The van der Waals surface area contributed by atoms with Crippen molar-refractivity contribution in [1.29, 1.82) is 0 Å². The maximum atomic E-state index is 12.9. The summed E-state index contributed by atoms with van der Waals surface area (Å²) in [6, 6.07) is 8.16. The normalized spacial score (nSPS) is 11.4. The first-order chi connectivity index (χ1) is 9.29. The number of hydrogen-bond acceptors (Lipinski definition) is 1. The molecule has 0 aliphatic carbocycles. The Morgan fingerprint density at radius 1 is 0.950 bits per heavy atom. The minimum Gasteiger partial charge on any atom is -0.276 e. The maximum Gasteiger partial charge on any atom is 0.417 e. The van der Waals surface area contributed by atoms with Gasteiger partial charge in [0.05, 0.1) is 5.56 Å². The van der Waals surface area contributed by atoms with Crippen LogP contribution in [0.1, 0.15) is 15.9 Å². The van der Waals surface area contributed by atoms with E-state index in [1.807, 2.05) is 0 Å². The molecule has 0 heterocycles. The second kappa shape index (κ2) is 5.25. The van der Waals surface area contributed by atoms with Crippen molar-refractivity contribution < 1.29 is 22.4 Å². The molecule has 0 aromatic heterocycles. The highest BCUT2D eigenvalue weighted by Crippen LogP contribution is 2.35. The van der Waals surface area contributed by atoms with Crippen molar-refractivity contribution in [2.75, 3.05) is 0 Å². The van der Waals surface area contributed by atoms with Gasteiger partial charge in [-0.25, -0.2) is 4.39 Å². The molecule has 2 aromatic rings. The molecule has 0 saturated heterocycles. The Morgan fingerprint density at radius 2 is 1.50 bits per heavy atom. The van der Waals surface area contributed by atoms with E-state index in [4.69, 9.17) is 11.6 Å². The molecule has 0 spiro atoms. The third-order valence-electron chi connectivity index (χ3n) is 2.71. The molecule has 2 aromatic carbocycles. The Morgan fingerprint density at radius 3 is 2.00 bits per heavy atom. The Labute approximate surface area is 116 Å². The second-order valence-electron chi connectivity index (χ2n) is 4.04. The van der Waals surface area contributed by atoms with Gasteiger partial charge in [-0.15, -0.1) is 0 Å². The van der Waals surface area contributed by atoms with Crippen LogP contribution in [0.25, 0.3) is 11.1 Å². The second-order valence-corrected chi connectivity index (χ2v) is 4.38. The molecule has 0 aliphatic heterocycles. The van der Waals surface area contributed by atoms with Gasteiger partial charge < -0.3 is 0 Å². The molecule has 104 valence electrons. The molecule has 0 unspecified atom stereocenters. The standard InChI is InChI=1S/C14H7ClF4O/c15-13(20)11-6-3-9(7-12(11)14(17,18)19)8-1-4-10(16)5-2-8/h1-7H. The van der Waals surface area contributed by atoms with E-state index in [0.29, 0.717) is 5.56 Å². The molecule has 0 aliphatic rings. The summed E-state index contributed by atoms with van der Waals surface area (Å²) < 4.78 is 51.5. The topological polar surface area (TPSA) is 17.1 Å². The Hall–Kier alpha value is -1.88. The lowest BCUT2D eigenvalue weighted by atomic mass is 9.99. The number of halogens is 5. The Kier molecular flexibility index (Phi) is 3.81. The highest BCUT2D eigenvalue weighted by Gasteiger charge is 2.35. The van der Waals surface area contributed by atoms with E-state index in [1.165, 1.54) is 18.2 Å². The van der Waals surface area contributed by atoms with Crippen molar-refractivity contribution in [3.8, 4) is 11.1 Å². The molecule has 2 rings (SSSR count). The van der Waals surface area contributed by atoms with Crippen molar-refractivity contribution in [2.45, 2.75) is 6.18 Å². The van der Waals surface area contributed by atoms with E-state index < -0.39 is 28.4 Å². The van der Waals surface area contributed by atoms with Gasteiger partial charge in [0.2, 0.25) is 0 Å². The van der Waals surface area contributed by atoms with Gasteiger partial charge in [-0.05, 0) is 47.0 Å². The van der Waals surface area contributed by atoms with E-state index in [9.17, 15) is 22.4 Å². The quantitative estimate of drug-likeness (QED) is 0.570. The molecule has 0 radical (unpaired) electrons. The monoisotopic (exact) mass is 302 g/mol. The Bertz CT molecular complexity index is 647. The van der Waals surface area contributed by atoms with Gasteiger partial charge in [-0.3, -0.25) is 4.79 Å². The summed E-state index contributed by atoms with van der Waals surface area (Å²) in [4.78, 5) is 11.0. The molecular formula is C14H7ClF4O. The molecule has 1 nitrogen and oxygen atoms in total. The summed E-state index contributed by atoms with van der Waals surface area (Å²) in [7, 11) is 0. The van der Waals surface area contributed by atoms with Gasteiger partial charge in [-0.2, -0.15) is 13.2 Å². The van der Waals surface area contributed by atoms with Gasteiger partial charge in [0, 0.05) is 5.56 Å². The summed E-state index contributed by atoms with van der Waals surface area (Å²) in [5.41, 5.74) is -1.09. The highest BCUT2D eigenvalue weighted by molar-refractivity contribution is 6.67. The van der Waals surface area contributed by atoms with Gasteiger partial charge in [0.25, 0.3) is 5.24 Å². The fourth-order valence-corrected chi connectivity index (χ4v) is 1.94. The molecule has 0 N–H and O–H groups in total. The summed E-state index contributed by atoms with van der Waals surface area (Å²) in [6.45, 7) is 0. The van der Waals surface area contributed by atoms with Crippen LogP contribution < -0.4 is 0 Å². The molecular weight excluding hydrogens is 296 g/mol. The number of alkyl halides is 3. The van der Waals surface area contributed by atoms with Crippen molar-refractivity contribution in [3.05, 3.63) is 59.4 Å². The molecule has 0 fully saturated rings. The minimum atomic E-state index is -4.70. The minimum absolute atomic E-state index is 0.221. The van der Waals surface area contributed by atoms with Gasteiger partial charge >= 0.3 is 6.18 Å². The average molecular weight is 303 g/mol. The predicted octanol–water partition coefficient (Wildman–Crippen LogP) is 4.89. The third-order valence-corrected chi connectivity index (χ3v) is 2.92. The van der Waals surface area contributed by atoms with Gasteiger partial charge in [0.1, 0.15) is 5.82 Å². The lowest BCUT2D eigenvalue weighted by Crippen LogP contribution is -2.11. The molecule has 0 saturated carbocycles. The Balaban J connectivity index is 2.58. The zero-order valence-electron chi connectivity index (χ0n) is 9.84. The van der Waals surface area contributed by atoms with Crippen LogP contribution in [0.2, 0.25) is 0 Å². The average Bonchev–Trinajstić information content (AvgIpc) is 2.38. The summed E-state index contributed by atoms with van der Waals surface area (Å²) >= 11 is 5.15. The van der Waals surface area contributed by atoms with E-state index in [0.717, 1.165) is 24.3 Å². The van der Waals surface area contributed by atoms with E-state index in [-0.39, 0.29) is 5.56 Å². The molecule has 0 amide bonds. The number of rotatable bonds is 2. The fourth-order valence-electron chi connectivity index (χ4n) is 1.77. The fraction of sp³-hybridized carbons (Fsp3) is 0.0714. The zero-order valence-corrected chi connectivity index (χ0v) is 10.6. The maximum absolute atomic E-state index is 12.9. The van der Waals surface area contributed by atoms with Crippen molar-refractivity contribution in [2.24, 2.45) is 0 Å². The van der Waals surface area contributed by atoms with Gasteiger partial charge in [-0.1, -0.05) is 18.2 Å². The largest absolute Gasteiger partial charge is 0.417 e. The van der Waals surface area contributed by atoms with Crippen LogP contribution in [0.5, 0.6) is 0 Å². The van der Waals surface area contributed by atoms with Crippen LogP contribution in [-0.2, 0) is 6.18 Å². The number of benzene rings is 2. The van der Waals surface area contributed by atoms with Crippen LogP contribution in [-0.4, -0.2) is 5.24 Å². The molecule has 6 heteroatoms. The highest BCUT2D eigenvalue weighted by atomic mass is 35.5. The lowest BCUT2D eigenvalue weighted by molar-refractivity contribution is -0.137. The first-order valence-electron chi connectivity index (χ1n) is 5.46. The SMILES string of the molecule is O=C(Cl)c1ccc(-c2ccc(F)cc2)cc1C(F)(F)F. The molecule has 0 atom stereocenters. The van der Waals surface area contributed by atoms with E-state index in [1.54, 1.807) is 0 Å². The van der Waals surface area contributed by atoms with Crippen molar-refractivity contribution in [3.63, 3.8) is 0 Å². The lowest BCUT2D eigenvalue weighted by Gasteiger charge is -2.12. The number of carbonyl (C=O) groups is 1. The number of carbonyl (C=O) groups excluding carboxylic acids is 1. The van der Waals surface area contributed by atoms with E-state index in [2.05, 4.69) is 0 Å². The summed E-state index contributed by atoms with van der Waals surface area (Å²) in [6.07, 6.45) is -4.70. The number of hydrogen-bond donors (Lipinski definition) is 0. The summed E-state index contributed by atoms with van der Waals surface area (Å²) in [5.74, 6) is -0.489. The van der Waals surface area contributed by atoms with Crippen molar-refractivity contribution >= 4 is 16.8 Å². The zero-order chi connectivity index (χ0) is 14.9.